The Labute approximate surface area is 74.0 Å². The molecule has 2 aliphatic rings. The molecule has 1 atom stereocenters. The zero-order valence-corrected chi connectivity index (χ0v) is 8.13. The molecule has 0 saturated carbocycles. The lowest BCUT2D eigenvalue weighted by atomic mass is 10.2. The van der Waals surface area contributed by atoms with Crippen LogP contribution in [-0.4, -0.2) is 38.1 Å². The summed E-state index contributed by atoms with van der Waals surface area (Å²) >= 11 is 0. The van der Waals surface area contributed by atoms with Gasteiger partial charge in [-0.1, -0.05) is 0 Å². The van der Waals surface area contributed by atoms with Crippen LogP contribution >= 0.6 is 0 Å². The fourth-order valence-corrected chi connectivity index (χ4v) is 0.507. The number of ether oxygens (including phenoxy) is 3. The minimum absolute atomic E-state index is 0.00799. The van der Waals surface area contributed by atoms with Crippen LogP contribution in [0.1, 0.15) is 20.8 Å². The molecule has 2 fully saturated rings. The van der Waals surface area contributed by atoms with Crippen molar-refractivity contribution in [2.75, 3.05) is 26.4 Å². The molecule has 0 aromatic heterocycles. The molecule has 72 valence electrons. The van der Waals surface area contributed by atoms with Crippen LogP contribution in [-0.2, 0) is 14.2 Å². The van der Waals surface area contributed by atoms with Crippen LogP contribution in [0.3, 0.4) is 0 Å². The van der Waals surface area contributed by atoms with Crippen molar-refractivity contribution in [2.45, 2.75) is 32.5 Å². The van der Waals surface area contributed by atoms with Gasteiger partial charge in [-0.05, 0) is 20.8 Å². The van der Waals surface area contributed by atoms with Gasteiger partial charge in [0.1, 0.15) is 6.10 Å². The van der Waals surface area contributed by atoms with Gasteiger partial charge in [-0.3, -0.25) is 0 Å². The maximum absolute atomic E-state index is 5.43. The molecule has 2 heterocycles. The summed E-state index contributed by atoms with van der Waals surface area (Å²) < 4.78 is 14.9. The van der Waals surface area contributed by atoms with E-state index in [1.807, 2.05) is 0 Å². The summed E-state index contributed by atoms with van der Waals surface area (Å²) in [7, 11) is 0. The zero-order chi connectivity index (χ0) is 9.03. The van der Waals surface area contributed by atoms with Crippen LogP contribution in [0, 0.1) is 0 Å². The summed E-state index contributed by atoms with van der Waals surface area (Å²) in [4.78, 5) is 0. The molecule has 3 heteroatoms. The first-order valence-corrected chi connectivity index (χ1v) is 4.41. The van der Waals surface area contributed by atoms with Crippen molar-refractivity contribution in [3.63, 3.8) is 0 Å². The number of hydrogen-bond acceptors (Lipinski definition) is 3. The Hall–Kier alpha value is -0.120. The molecule has 3 nitrogen and oxygen atoms in total. The van der Waals surface area contributed by atoms with Gasteiger partial charge in [0.2, 0.25) is 0 Å². The minimum Gasteiger partial charge on any atom is -0.377 e. The van der Waals surface area contributed by atoms with Crippen molar-refractivity contribution < 1.29 is 14.2 Å². The number of hydrogen-bond donors (Lipinski definition) is 0. The minimum atomic E-state index is -0.00799. The van der Waals surface area contributed by atoms with E-state index in [2.05, 4.69) is 25.5 Å². The van der Waals surface area contributed by atoms with Crippen LogP contribution in [0.5, 0.6) is 0 Å². The Balaban J connectivity index is 0.000000200. The van der Waals surface area contributed by atoms with Gasteiger partial charge in [0, 0.05) is 0 Å². The first-order valence-electron chi connectivity index (χ1n) is 4.41. The van der Waals surface area contributed by atoms with E-state index in [0.29, 0.717) is 6.10 Å². The van der Waals surface area contributed by atoms with Gasteiger partial charge in [0.25, 0.3) is 0 Å². The molecule has 0 spiro atoms. The van der Waals surface area contributed by atoms with Crippen LogP contribution in [0.4, 0.5) is 0 Å². The second kappa shape index (κ2) is 4.21. The van der Waals surface area contributed by atoms with Crippen molar-refractivity contribution in [3.05, 3.63) is 0 Å². The highest BCUT2D eigenvalue weighted by atomic mass is 16.6. The largest absolute Gasteiger partial charge is 0.377 e. The van der Waals surface area contributed by atoms with E-state index in [-0.39, 0.29) is 5.60 Å². The summed E-state index contributed by atoms with van der Waals surface area (Å²) in [5.41, 5.74) is -0.00799. The predicted molar refractivity (Wildman–Crippen MR) is 46.3 cm³/mol. The molecule has 1 unspecified atom stereocenters. The standard InChI is InChI=1S/C7H14O2.C2H4O/c1-7(2,3)9-5-6-4-8-6;1-2-3-1/h6H,4-5H2,1-3H3;1-2H2. The third kappa shape index (κ3) is 7.98. The molecule has 12 heavy (non-hydrogen) atoms. The highest BCUT2D eigenvalue weighted by Gasteiger charge is 2.24. The quantitative estimate of drug-likeness (QED) is 0.590. The first kappa shape index (κ1) is 9.96. The van der Waals surface area contributed by atoms with E-state index in [1.165, 1.54) is 0 Å². The Morgan fingerprint density at radius 3 is 2.08 bits per heavy atom. The number of rotatable bonds is 2. The molecular formula is C9H18O3. The Kier molecular flexibility index (Phi) is 3.50. The van der Waals surface area contributed by atoms with Crippen molar-refractivity contribution in [1.29, 1.82) is 0 Å². The molecular weight excluding hydrogens is 156 g/mol. The van der Waals surface area contributed by atoms with E-state index in [9.17, 15) is 0 Å². The third-order valence-electron chi connectivity index (χ3n) is 1.31. The Morgan fingerprint density at radius 2 is 1.83 bits per heavy atom. The zero-order valence-electron chi connectivity index (χ0n) is 8.13. The molecule has 2 saturated heterocycles. The van der Waals surface area contributed by atoms with Gasteiger partial charge >= 0.3 is 0 Å². The lowest BCUT2D eigenvalue weighted by Gasteiger charge is -2.18. The predicted octanol–water partition coefficient (Wildman–Crippen LogP) is 1.22. The lowest BCUT2D eigenvalue weighted by molar-refractivity contribution is -0.0104. The molecule has 0 bridgehead atoms. The number of epoxide rings is 2. The molecule has 0 amide bonds. The van der Waals surface area contributed by atoms with E-state index in [0.717, 1.165) is 26.4 Å². The average molecular weight is 174 g/mol. The fourth-order valence-electron chi connectivity index (χ4n) is 0.507. The highest BCUT2D eigenvalue weighted by molar-refractivity contribution is 4.70. The second-order valence-electron chi connectivity index (χ2n) is 3.99. The summed E-state index contributed by atoms with van der Waals surface area (Å²) in [5, 5.41) is 0. The smallest absolute Gasteiger partial charge is 0.104 e. The molecule has 0 aromatic rings. The first-order chi connectivity index (χ1) is 5.58. The monoisotopic (exact) mass is 174 g/mol. The van der Waals surface area contributed by atoms with Crippen LogP contribution in [0.25, 0.3) is 0 Å². The summed E-state index contributed by atoms with van der Waals surface area (Å²) in [6, 6.07) is 0. The van der Waals surface area contributed by atoms with Crippen LogP contribution in [0.2, 0.25) is 0 Å². The third-order valence-corrected chi connectivity index (χ3v) is 1.31. The Morgan fingerprint density at radius 1 is 1.33 bits per heavy atom. The highest BCUT2D eigenvalue weighted by Crippen LogP contribution is 2.14. The van der Waals surface area contributed by atoms with E-state index >= 15 is 0 Å². The molecule has 2 rings (SSSR count). The van der Waals surface area contributed by atoms with E-state index < -0.39 is 0 Å². The second-order valence-corrected chi connectivity index (χ2v) is 3.99. The summed E-state index contributed by atoms with van der Waals surface area (Å²) in [5.74, 6) is 0. The van der Waals surface area contributed by atoms with Gasteiger partial charge in [-0.2, -0.15) is 0 Å². The van der Waals surface area contributed by atoms with Gasteiger partial charge in [-0.15, -0.1) is 0 Å². The van der Waals surface area contributed by atoms with Crippen LogP contribution < -0.4 is 0 Å². The SMILES string of the molecule is C1CO1.CC(C)(C)OCC1CO1. The molecule has 0 aromatic carbocycles. The molecule has 0 N–H and O–H groups in total. The molecule has 0 radical (unpaired) electrons. The van der Waals surface area contributed by atoms with Gasteiger partial charge in [0.05, 0.1) is 32.0 Å². The summed E-state index contributed by atoms with van der Waals surface area (Å²) in [6.45, 7) is 9.79. The van der Waals surface area contributed by atoms with Crippen molar-refractivity contribution in [1.82, 2.24) is 0 Å². The maximum atomic E-state index is 5.43. The van der Waals surface area contributed by atoms with Crippen molar-refractivity contribution in [3.8, 4) is 0 Å². The van der Waals surface area contributed by atoms with Gasteiger partial charge < -0.3 is 14.2 Å². The van der Waals surface area contributed by atoms with E-state index in [1.54, 1.807) is 0 Å². The van der Waals surface area contributed by atoms with Crippen LogP contribution in [0.15, 0.2) is 0 Å². The molecule has 2 aliphatic heterocycles. The summed E-state index contributed by atoms with van der Waals surface area (Å²) in [6.07, 6.45) is 0.393. The lowest BCUT2D eigenvalue weighted by Crippen LogP contribution is -2.21. The fraction of sp³-hybridized carbons (Fsp3) is 1.00. The van der Waals surface area contributed by atoms with Crippen molar-refractivity contribution >= 4 is 0 Å². The average Bonchev–Trinajstić information content (AvgIpc) is 2.79. The Bertz CT molecular complexity index is 119. The van der Waals surface area contributed by atoms with Gasteiger partial charge in [-0.25, -0.2) is 0 Å². The maximum Gasteiger partial charge on any atom is 0.104 e. The van der Waals surface area contributed by atoms with E-state index in [4.69, 9.17) is 9.47 Å². The molecule has 0 aliphatic carbocycles. The normalized spacial score (nSPS) is 25.8. The van der Waals surface area contributed by atoms with Gasteiger partial charge in [0.15, 0.2) is 0 Å². The topological polar surface area (TPSA) is 34.3 Å². The van der Waals surface area contributed by atoms with Crippen molar-refractivity contribution in [2.24, 2.45) is 0 Å².